The Labute approximate surface area is 179 Å². The number of carbonyl (C=O) groups excluding carboxylic acids is 1. The third-order valence-electron chi connectivity index (χ3n) is 5.38. The molecule has 0 saturated heterocycles. The van der Waals surface area contributed by atoms with Crippen molar-refractivity contribution in [1.82, 2.24) is 10.5 Å². The van der Waals surface area contributed by atoms with Crippen LogP contribution in [0.5, 0.6) is 5.88 Å². The number of carbonyl (C=O) groups is 2. The number of carboxylic acids is 1. The fraction of sp³-hybridized carbons (Fsp3) is 0.261. The normalized spacial score (nSPS) is 13.4. The molecule has 1 heterocycles. The summed E-state index contributed by atoms with van der Waals surface area (Å²) in [5.41, 5.74) is 2.17. The number of benzene rings is 2. The van der Waals surface area contributed by atoms with Crippen molar-refractivity contribution in [2.45, 2.75) is 37.8 Å². The lowest BCUT2D eigenvalue weighted by Gasteiger charge is -2.36. The van der Waals surface area contributed by atoms with E-state index in [1.54, 1.807) is 0 Å². The van der Waals surface area contributed by atoms with E-state index in [0.29, 0.717) is 0 Å². The fourth-order valence-corrected chi connectivity index (χ4v) is 3.38. The highest BCUT2D eigenvalue weighted by atomic mass is 16.5. The summed E-state index contributed by atoms with van der Waals surface area (Å²) >= 11 is 0. The van der Waals surface area contributed by atoms with Gasteiger partial charge in [-0.25, -0.2) is 4.79 Å². The van der Waals surface area contributed by atoms with Gasteiger partial charge in [-0.05, 0) is 21.8 Å². The number of amides is 1. The number of nitrogens with zero attached hydrogens (tertiary/aromatic N) is 1. The van der Waals surface area contributed by atoms with E-state index in [1.807, 2.05) is 68.4 Å². The summed E-state index contributed by atoms with van der Waals surface area (Å²) < 4.78 is 4.77. The Bertz CT molecular complexity index is 1040. The lowest BCUT2D eigenvalue weighted by Crippen LogP contribution is -2.50. The number of nitrogens with one attached hydrogen (secondary N) is 1. The molecule has 0 spiro atoms. The molecule has 8 heteroatoms. The van der Waals surface area contributed by atoms with E-state index in [2.05, 4.69) is 10.5 Å². The second-order valence-electron chi connectivity index (χ2n) is 7.83. The second-order valence-corrected chi connectivity index (χ2v) is 7.83. The van der Waals surface area contributed by atoms with Crippen LogP contribution in [0, 0.1) is 0 Å². The summed E-state index contributed by atoms with van der Waals surface area (Å²) in [5.74, 6) is -2.72. The van der Waals surface area contributed by atoms with E-state index in [0.717, 1.165) is 22.8 Å². The van der Waals surface area contributed by atoms with Crippen LogP contribution < -0.4 is 5.32 Å². The molecule has 0 bridgehead atoms. The van der Waals surface area contributed by atoms with Gasteiger partial charge in [0.25, 0.3) is 11.8 Å². The number of aromatic hydroxyl groups is 1. The quantitative estimate of drug-likeness (QED) is 0.437. The van der Waals surface area contributed by atoms with Crippen LogP contribution in [-0.2, 0) is 10.2 Å². The maximum atomic E-state index is 12.6. The number of aromatic nitrogens is 1. The summed E-state index contributed by atoms with van der Waals surface area (Å²) in [6.45, 7) is 3.70. The molecule has 2 atom stereocenters. The molecule has 2 aromatic carbocycles. The molecule has 0 fully saturated rings. The van der Waals surface area contributed by atoms with Gasteiger partial charge >= 0.3 is 5.97 Å². The van der Waals surface area contributed by atoms with E-state index in [4.69, 9.17) is 9.63 Å². The Hall–Kier alpha value is -3.65. The van der Waals surface area contributed by atoms with Gasteiger partial charge < -0.3 is 25.2 Å². The van der Waals surface area contributed by atoms with Gasteiger partial charge in [-0.3, -0.25) is 4.79 Å². The van der Waals surface area contributed by atoms with Crippen molar-refractivity contribution in [2.24, 2.45) is 0 Å². The topological polar surface area (TPSA) is 133 Å². The van der Waals surface area contributed by atoms with Crippen LogP contribution in [0.3, 0.4) is 0 Å². The molecule has 0 aliphatic carbocycles. The van der Waals surface area contributed by atoms with Crippen molar-refractivity contribution in [3.8, 4) is 17.0 Å². The fourth-order valence-electron chi connectivity index (χ4n) is 3.38. The molecule has 8 nitrogen and oxygen atoms in total. The average Bonchev–Trinajstić information content (AvgIpc) is 3.20. The summed E-state index contributed by atoms with van der Waals surface area (Å²) in [4.78, 5) is 23.8. The zero-order chi connectivity index (χ0) is 22.6. The van der Waals surface area contributed by atoms with Crippen LogP contribution >= 0.6 is 0 Å². The predicted octanol–water partition coefficient (Wildman–Crippen LogP) is 2.96. The highest BCUT2D eigenvalue weighted by Crippen LogP contribution is 2.32. The van der Waals surface area contributed by atoms with Gasteiger partial charge in [0.2, 0.25) is 5.76 Å². The number of aliphatic carboxylic acids is 1. The lowest BCUT2D eigenvalue weighted by molar-refractivity contribution is -0.147. The Morgan fingerprint density at radius 1 is 1.06 bits per heavy atom. The van der Waals surface area contributed by atoms with Crippen LogP contribution in [0.1, 0.15) is 36.4 Å². The average molecular weight is 424 g/mol. The minimum Gasteiger partial charge on any atom is -0.491 e. The van der Waals surface area contributed by atoms with Crippen LogP contribution in [0.15, 0.2) is 65.2 Å². The number of aliphatic hydroxyl groups excluding tert-OH is 1. The summed E-state index contributed by atoms with van der Waals surface area (Å²) in [6, 6.07) is 17.9. The van der Waals surface area contributed by atoms with E-state index >= 15 is 0 Å². The van der Waals surface area contributed by atoms with Gasteiger partial charge in [0, 0.05) is 17.9 Å². The van der Waals surface area contributed by atoms with Gasteiger partial charge in [-0.2, -0.15) is 0 Å². The van der Waals surface area contributed by atoms with E-state index in [1.165, 1.54) is 0 Å². The Balaban J connectivity index is 1.88. The summed E-state index contributed by atoms with van der Waals surface area (Å²) in [5, 5.41) is 34.4. The molecule has 162 valence electrons. The maximum Gasteiger partial charge on any atom is 0.332 e. The van der Waals surface area contributed by atoms with Gasteiger partial charge in [0.15, 0.2) is 6.10 Å². The van der Waals surface area contributed by atoms with Crippen LogP contribution in [0.25, 0.3) is 11.1 Å². The molecule has 31 heavy (non-hydrogen) atoms. The second kappa shape index (κ2) is 9.01. The predicted molar refractivity (Wildman–Crippen MR) is 113 cm³/mol. The van der Waals surface area contributed by atoms with Gasteiger partial charge in [0.05, 0.1) is 6.07 Å². The molecule has 3 rings (SSSR count). The van der Waals surface area contributed by atoms with Crippen molar-refractivity contribution in [1.29, 1.82) is 0 Å². The zero-order valence-electron chi connectivity index (χ0n) is 17.1. The molecule has 0 saturated carbocycles. The monoisotopic (exact) mass is 424 g/mol. The van der Waals surface area contributed by atoms with E-state index < -0.39 is 35.3 Å². The van der Waals surface area contributed by atoms with Gasteiger partial charge in [-0.1, -0.05) is 68.4 Å². The highest BCUT2D eigenvalue weighted by Gasteiger charge is 2.36. The Kier molecular flexibility index (Phi) is 6.41. The molecule has 0 aliphatic rings. The first kappa shape index (κ1) is 22.0. The number of hydrogen-bond acceptors (Lipinski definition) is 6. The van der Waals surface area contributed by atoms with Crippen LogP contribution in [0.2, 0.25) is 0 Å². The van der Waals surface area contributed by atoms with E-state index in [-0.39, 0.29) is 12.2 Å². The molecule has 0 radical (unpaired) electrons. The van der Waals surface area contributed by atoms with E-state index in [9.17, 15) is 19.8 Å². The Morgan fingerprint density at radius 2 is 1.68 bits per heavy atom. The van der Waals surface area contributed by atoms with Crippen LogP contribution in [0.4, 0.5) is 0 Å². The first-order valence-corrected chi connectivity index (χ1v) is 9.72. The molecule has 4 N–H and O–H groups in total. The summed E-state index contributed by atoms with van der Waals surface area (Å²) in [6.07, 6.45) is -1.90. The van der Waals surface area contributed by atoms with Crippen LogP contribution in [-0.4, -0.2) is 44.5 Å². The van der Waals surface area contributed by atoms with Gasteiger partial charge in [0.1, 0.15) is 0 Å². The Morgan fingerprint density at radius 3 is 2.23 bits per heavy atom. The maximum absolute atomic E-state index is 12.6. The smallest absolute Gasteiger partial charge is 0.332 e. The third-order valence-corrected chi connectivity index (χ3v) is 5.38. The lowest BCUT2D eigenvalue weighted by atomic mass is 9.75. The van der Waals surface area contributed by atoms with Crippen molar-refractivity contribution in [2.75, 3.05) is 0 Å². The molecular formula is C23H24N2O6. The third kappa shape index (κ3) is 5.10. The number of rotatable bonds is 8. The first-order valence-electron chi connectivity index (χ1n) is 9.72. The van der Waals surface area contributed by atoms with Crippen molar-refractivity contribution in [3.63, 3.8) is 0 Å². The largest absolute Gasteiger partial charge is 0.491 e. The SMILES string of the molecule is CC(C)(c1ccc(-c2ccccc2)cc1)C(CC(O)C(=O)O)NC(=O)c1cc(O)no1. The van der Waals surface area contributed by atoms with Crippen molar-refractivity contribution >= 4 is 11.9 Å². The van der Waals surface area contributed by atoms with Gasteiger partial charge in [-0.15, -0.1) is 0 Å². The zero-order valence-corrected chi connectivity index (χ0v) is 17.1. The standard InChI is InChI=1S/C23H24N2O6/c1-23(2,16-10-8-15(9-11-16)14-6-4-3-5-7-14)19(12-17(26)22(29)30)24-21(28)18-13-20(27)25-31-18/h3-11,13,17,19,26H,12H2,1-2H3,(H,24,28)(H,25,27)(H,29,30). The summed E-state index contributed by atoms with van der Waals surface area (Å²) in [7, 11) is 0. The minimum atomic E-state index is -1.67. The minimum absolute atomic E-state index is 0.220. The molecular weight excluding hydrogens is 400 g/mol. The number of hydrogen-bond donors (Lipinski definition) is 4. The molecule has 1 amide bonds. The number of carboxylic acid groups (broad SMARTS) is 1. The molecule has 0 aliphatic heterocycles. The molecule has 3 aromatic rings. The first-order chi connectivity index (χ1) is 14.7. The number of aliphatic hydroxyl groups is 1. The molecule has 1 aromatic heterocycles. The van der Waals surface area contributed by atoms with Crippen molar-refractivity contribution in [3.05, 3.63) is 72.0 Å². The molecule has 2 unspecified atom stereocenters. The van der Waals surface area contributed by atoms with Crippen molar-refractivity contribution < 1.29 is 29.4 Å². The highest BCUT2D eigenvalue weighted by molar-refractivity contribution is 5.92.